The first kappa shape index (κ1) is 19.7. The maximum Gasteiger partial charge on any atom is 0.253 e. The molecule has 4 nitrogen and oxygen atoms in total. The molecule has 31 heavy (non-hydrogen) atoms. The quantitative estimate of drug-likeness (QED) is 0.404. The van der Waals surface area contributed by atoms with Crippen LogP contribution < -0.4 is 0 Å². The van der Waals surface area contributed by atoms with Crippen LogP contribution in [0.3, 0.4) is 0 Å². The monoisotopic (exact) mass is 427 g/mol. The number of nitrogens with zero attached hydrogens (tertiary/aromatic N) is 3. The van der Waals surface area contributed by atoms with Gasteiger partial charge in [-0.05, 0) is 61.4 Å². The number of aromatic nitrogens is 2. The van der Waals surface area contributed by atoms with Gasteiger partial charge < -0.3 is 4.90 Å². The Kier molecular flexibility index (Phi) is 5.39. The number of benzene rings is 2. The van der Waals surface area contributed by atoms with Crippen LogP contribution in [-0.2, 0) is 0 Å². The van der Waals surface area contributed by atoms with E-state index in [-0.39, 0.29) is 11.8 Å². The summed E-state index contributed by atoms with van der Waals surface area (Å²) in [5.74, 6) is 0.292. The number of carbonyl (C=O) groups is 1. The topological polar surface area (TPSA) is 46.1 Å². The molecule has 1 fully saturated rings. The second-order valence-electron chi connectivity index (χ2n) is 7.96. The van der Waals surface area contributed by atoms with Crippen LogP contribution in [0.2, 0.25) is 5.02 Å². The van der Waals surface area contributed by atoms with Gasteiger partial charge in [-0.2, -0.15) is 0 Å². The normalized spacial score (nSPS) is 16.4. The maximum absolute atomic E-state index is 13.2. The number of hydrogen-bond donors (Lipinski definition) is 0. The Hall–Kier alpha value is -3.24. The van der Waals surface area contributed by atoms with Crippen molar-refractivity contribution >= 4 is 28.4 Å². The average molecular weight is 428 g/mol. The van der Waals surface area contributed by atoms with Crippen molar-refractivity contribution in [2.75, 3.05) is 13.1 Å². The Labute approximate surface area is 186 Å². The fraction of sp³-hybridized carbons (Fsp3) is 0.192. The average Bonchev–Trinajstić information content (AvgIpc) is 2.83. The van der Waals surface area contributed by atoms with E-state index in [2.05, 4.69) is 11.1 Å². The van der Waals surface area contributed by atoms with E-state index in [1.165, 1.54) is 0 Å². The molecule has 0 N–H and O–H groups in total. The molecular formula is C26H22ClN3O. The van der Waals surface area contributed by atoms with Crippen LogP contribution in [0.25, 0.3) is 22.2 Å². The molecule has 2 aromatic carbocycles. The summed E-state index contributed by atoms with van der Waals surface area (Å²) in [6.45, 7) is 1.45. The fourth-order valence-electron chi connectivity index (χ4n) is 4.28. The van der Waals surface area contributed by atoms with Crippen LogP contribution in [-0.4, -0.2) is 33.9 Å². The largest absolute Gasteiger partial charge is 0.338 e. The Morgan fingerprint density at radius 3 is 2.81 bits per heavy atom. The molecule has 5 rings (SSSR count). The third kappa shape index (κ3) is 4.17. The number of likely N-dealkylation sites (tertiary alicyclic amines) is 1. The number of carbonyl (C=O) groups excluding carboxylic acids is 1. The summed E-state index contributed by atoms with van der Waals surface area (Å²) in [5, 5.41) is 1.68. The molecule has 1 amide bonds. The predicted octanol–water partition coefficient (Wildman–Crippen LogP) is 5.97. The summed E-state index contributed by atoms with van der Waals surface area (Å²) in [6, 6.07) is 23.5. The highest BCUT2D eigenvalue weighted by atomic mass is 35.5. The Bertz CT molecular complexity index is 1260. The number of amides is 1. The molecule has 1 saturated heterocycles. The highest BCUT2D eigenvalue weighted by Gasteiger charge is 2.26. The van der Waals surface area contributed by atoms with Crippen LogP contribution in [0, 0.1) is 0 Å². The number of halogens is 1. The molecule has 0 radical (unpaired) electrons. The standard InChI is InChI=1S/C26H22ClN3O/c27-22-8-1-5-19(16-22)24-9-2-10-25(29-24)21-7-4-14-30(17-21)26(31)20-11-12-23-18(15-20)6-3-13-28-23/h1-3,5-6,8-13,15-16,21H,4,7,14,17H2. The van der Waals surface area contributed by atoms with Crippen molar-refractivity contribution in [1.82, 2.24) is 14.9 Å². The number of fused-ring (bicyclic) bond motifs is 1. The van der Waals surface area contributed by atoms with Gasteiger partial charge in [0, 0.05) is 52.4 Å². The maximum atomic E-state index is 13.2. The molecule has 4 aromatic rings. The van der Waals surface area contributed by atoms with Crippen LogP contribution in [0.5, 0.6) is 0 Å². The van der Waals surface area contributed by atoms with Gasteiger partial charge in [-0.25, -0.2) is 0 Å². The molecule has 3 heterocycles. The van der Waals surface area contributed by atoms with Crippen LogP contribution in [0.4, 0.5) is 0 Å². The Morgan fingerprint density at radius 2 is 1.90 bits per heavy atom. The second-order valence-corrected chi connectivity index (χ2v) is 8.40. The molecule has 0 bridgehead atoms. The first-order valence-corrected chi connectivity index (χ1v) is 10.9. The predicted molar refractivity (Wildman–Crippen MR) is 124 cm³/mol. The molecule has 1 aliphatic heterocycles. The number of piperidine rings is 1. The highest BCUT2D eigenvalue weighted by Crippen LogP contribution is 2.29. The van der Waals surface area contributed by atoms with Crippen molar-refractivity contribution < 1.29 is 4.79 Å². The third-order valence-corrected chi connectivity index (χ3v) is 6.10. The summed E-state index contributed by atoms with van der Waals surface area (Å²) >= 11 is 6.16. The van der Waals surface area contributed by atoms with Gasteiger partial charge in [0.15, 0.2) is 0 Å². The molecule has 1 atom stereocenters. The third-order valence-electron chi connectivity index (χ3n) is 5.87. The highest BCUT2D eigenvalue weighted by molar-refractivity contribution is 6.30. The van der Waals surface area contributed by atoms with E-state index in [0.717, 1.165) is 47.2 Å². The second kappa shape index (κ2) is 8.48. The van der Waals surface area contributed by atoms with Crippen LogP contribution in [0.1, 0.15) is 34.8 Å². The molecule has 1 unspecified atom stereocenters. The molecule has 2 aromatic heterocycles. The van der Waals surface area contributed by atoms with E-state index in [9.17, 15) is 4.79 Å². The minimum atomic E-state index is 0.0708. The minimum Gasteiger partial charge on any atom is -0.338 e. The van der Waals surface area contributed by atoms with Crippen molar-refractivity contribution in [3.8, 4) is 11.3 Å². The van der Waals surface area contributed by atoms with E-state index in [1.54, 1.807) is 6.20 Å². The summed E-state index contributed by atoms with van der Waals surface area (Å²) < 4.78 is 0. The number of pyridine rings is 2. The summed E-state index contributed by atoms with van der Waals surface area (Å²) in [5.41, 5.74) is 4.55. The molecule has 1 aliphatic rings. The lowest BCUT2D eigenvalue weighted by molar-refractivity contribution is 0.0706. The molecule has 0 saturated carbocycles. The van der Waals surface area contributed by atoms with Crippen molar-refractivity contribution in [2.45, 2.75) is 18.8 Å². The zero-order chi connectivity index (χ0) is 21.2. The number of hydrogen-bond acceptors (Lipinski definition) is 3. The van der Waals surface area contributed by atoms with Gasteiger partial charge in [0.1, 0.15) is 0 Å². The van der Waals surface area contributed by atoms with E-state index in [0.29, 0.717) is 17.1 Å². The molecule has 0 aliphatic carbocycles. The van der Waals surface area contributed by atoms with Gasteiger partial charge >= 0.3 is 0 Å². The lowest BCUT2D eigenvalue weighted by Gasteiger charge is -2.32. The summed E-state index contributed by atoms with van der Waals surface area (Å²) in [4.78, 5) is 24.4. The van der Waals surface area contributed by atoms with Gasteiger partial charge in [0.2, 0.25) is 0 Å². The van der Waals surface area contributed by atoms with Crippen molar-refractivity contribution in [3.05, 3.63) is 95.3 Å². The zero-order valence-corrected chi connectivity index (χ0v) is 17.8. The summed E-state index contributed by atoms with van der Waals surface area (Å²) in [6.07, 6.45) is 3.76. The van der Waals surface area contributed by atoms with Crippen LogP contribution in [0.15, 0.2) is 79.0 Å². The van der Waals surface area contributed by atoms with Crippen molar-refractivity contribution in [2.24, 2.45) is 0 Å². The lowest BCUT2D eigenvalue weighted by Crippen LogP contribution is -2.39. The molecular weight excluding hydrogens is 406 g/mol. The van der Waals surface area contributed by atoms with E-state index >= 15 is 0 Å². The van der Waals surface area contributed by atoms with Gasteiger partial charge in [0.05, 0.1) is 11.2 Å². The van der Waals surface area contributed by atoms with Gasteiger partial charge in [-0.3, -0.25) is 14.8 Å². The zero-order valence-electron chi connectivity index (χ0n) is 17.0. The van der Waals surface area contributed by atoms with Crippen molar-refractivity contribution in [1.29, 1.82) is 0 Å². The van der Waals surface area contributed by atoms with Crippen LogP contribution >= 0.6 is 11.6 Å². The number of rotatable bonds is 3. The van der Waals surface area contributed by atoms with Gasteiger partial charge in [-0.15, -0.1) is 0 Å². The molecule has 154 valence electrons. The smallest absolute Gasteiger partial charge is 0.253 e. The molecule has 5 heteroatoms. The van der Waals surface area contributed by atoms with E-state index in [1.807, 2.05) is 71.6 Å². The first-order chi connectivity index (χ1) is 15.2. The van der Waals surface area contributed by atoms with E-state index in [4.69, 9.17) is 16.6 Å². The summed E-state index contributed by atoms with van der Waals surface area (Å²) in [7, 11) is 0. The van der Waals surface area contributed by atoms with E-state index < -0.39 is 0 Å². The molecule has 0 spiro atoms. The van der Waals surface area contributed by atoms with Gasteiger partial charge in [-0.1, -0.05) is 35.9 Å². The fourth-order valence-corrected chi connectivity index (χ4v) is 4.47. The Balaban J connectivity index is 1.37. The SMILES string of the molecule is O=C(c1ccc2ncccc2c1)N1CCCC(c2cccc(-c3cccc(Cl)c3)n2)C1. The minimum absolute atomic E-state index is 0.0708. The Morgan fingerprint density at radius 1 is 1.00 bits per heavy atom. The lowest BCUT2D eigenvalue weighted by atomic mass is 9.93. The van der Waals surface area contributed by atoms with Crippen molar-refractivity contribution in [3.63, 3.8) is 0 Å². The first-order valence-electron chi connectivity index (χ1n) is 10.5. The van der Waals surface area contributed by atoms with Gasteiger partial charge in [0.25, 0.3) is 5.91 Å².